The number of aliphatic hydroxyl groups excluding tert-OH is 1. The molecule has 0 saturated carbocycles. The predicted octanol–water partition coefficient (Wildman–Crippen LogP) is 2.77. The number of nitrogens with one attached hydrogen (secondary N) is 1. The van der Waals surface area contributed by atoms with Gasteiger partial charge in [0.05, 0.1) is 6.04 Å². The van der Waals surface area contributed by atoms with Crippen molar-refractivity contribution in [2.45, 2.75) is 17.0 Å². The Morgan fingerprint density at radius 1 is 1.20 bits per heavy atom. The Kier molecular flexibility index (Phi) is 7.20. The van der Waals surface area contributed by atoms with Crippen LogP contribution in [-0.4, -0.2) is 33.6 Å². The van der Waals surface area contributed by atoms with E-state index in [0.717, 1.165) is 0 Å². The molecule has 1 heterocycles. The van der Waals surface area contributed by atoms with Crippen LogP contribution in [0.3, 0.4) is 0 Å². The molecule has 0 spiro atoms. The number of alkyl halides is 3. The molecule has 130 valence electrons. The van der Waals surface area contributed by atoms with Gasteiger partial charge in [-0.1, -0.05) is 47.3 Å². The Morgan fingerprint density at radius 3 is 2.48 bits per heavy atom. The average molecular weight is 381 g/mol. The van der Waals surface area contributed by atoms with E-state index in [-0.39, 0.29) is 0 Å². The van der Waals surface area contributed by atoms with E-state index in [1.165, 1.54) is 0 Å². The zero-order chi connectivity index (χ0) is 18.2. The first-order chi connectivity index (χ1) is 12.0. The van der Waals surface area contributed by atoms with Gasteiger partial charge in [0.25, 0.3) is 5.91 Å². The van der Waals surface area contributed by atoms with E-state index in [1.807, 2.05) is 6.07 Å². The summed E-state index contributed by atoms with van der Waals surface area (Å²) in [7, 11) is 0. The fraction of sp³-hybridized carbons (Fsp3) is 0.222. The highest BCUT2D eigenvalue weighted by Gasteiger charge is 2.25. The van der Waals surface area contributed by atoms with Gasteiger partial charge in [-0.05, 0) is 35.7 Å². The van der Waals surface area contributed by atoms with Crippen molar-refractivity contribution in [1.82, 2.24) is 10.3 Å². The van der Waals surface area contributed by atoms with E-state index >= 15 is 0 Å². The second kappa shape index (κ2) is 9.38. The van der Waals surface area contributed by atoms with Crippen LogP contribution in [0, 0.1) is 11.8 Å². The molecule has 1 aromatic carbocycles. The molecule has 0 fully saturated rings. The first-order valence-electron chi connectivity index (χ1n) is 7.37. The summed E-state index contributed by atoms with van der Waals surface area (Å²) in [6, 6.07) is 10.9. The standard InChI is InChI=1S/C18H15Cl2FN2O2/c19-17(20)18(25)23-15(11-21)16(24)13-7-4-12(5-8-13)6-9-14-3-1-2-10-22-14/h1-5,7-8,10,15-17,24H,11H2,(H,23,25). The maximum Gasteiger partial charge on any atom is 0.253 e. The van der Waals surface area contributed by atoms with Gasteiger partial charge in [0, 0.05) is 11.8 Å². The molecule has 2 N–H and O–H groups in total. The van der Waals surface area contributed by atoms with Crippen molar-refractivity contribution in [3.63, 3.8) is 0 Å². The largest absolute Gasteiger partial charge is 0.386 e. The maximum absolute atomic E-state index is 13.1. The molecule has 0 bridgehead atoms. The summed E-state index contributed by atoms with van der Waals surface area (Å²) in [4.78, 5) is 14.2. The van der Waals surface area contributed by atoms with Crippen LogP contribution in [0.15, 0.2) is 48.7 Å². The topological polar surface area (TPSA) is 62.2 Å². The summed E-state index contributed by atoms with van der Waals surface area (Å²) in [5.41, 5.74) is 1.79. The Bertz CT molecular complexity index is 758. The number of aliphatic hydroxyl groups is 1. The van der Waals surface area contributed by atoms with Crippen molar-refractivity contribution in [3.8, 4) is 11.8 Å². The summed E-state index contributed by atoms with van der Waals surface area (Å²) >= 11 is 10.8. The minimum absolute atomic E-state index is 0.437. The number of rotatable bonds is 5. The molecule has 2 rings (SSSR count). The van der Waals surface area contributed by atoms with Crippen molar-refractivity contribution in [3.05, 3.63) is 65.5 Å². The number of benzene rings is 1. The molecule has 4 nitrogen and oxygen atoms in total. The summed E-state index contributed by atoms with van der Waals surface area (Å²) in [5, 5.41) is 12.5. The average Bonchev–Trinajstić information content (AvgIpc) is 2.64. The number of halogens is 3. The highest BCUT2D eigenvalue weighted by atomic mass is 35.5. The number of pyridine rings is 1. The molecule has 0 saturated heterocycles. The van der Waals surface area contributed by atoms with Gasteiger partial charge < -0.3 is 10.4 Å². The van der Waals surface area contributed by atoms with Gasteiger partial charge in [-0.2, -0.15) is 0 Å². The number of aromatic nitrogens is 1. The van der Waals surface area contributed by atoms with Gasteiger partial charge >= 0.3 is 0 Å². The quantitative estimate of drug-likeness (QED) is 0.619. The Labute approximate surface area is 155 Å². The lowest BCUT2D eigenvalue weighted by atomic mass is 10.0. The number of hydrogen-bond acceptors (Lipinski definition) is 3. The predicted molar refractivity (Wildman–Crippen MR) is 95.0 cm³/mol. The third-order valence-electron chi connectivity index (χ3n) is 3.33. The first-order valence-corrected chi connectivity index (χ1v) is 8.24. The molecule has 1 aromatic heterocycles. The molecule has 2 atom stereocenters. The molecule has 2 aromatic rings. The third-order valence-corrected chi connectivity index (χ3v) is 3.72. The van der Waals surface area contributed by atoms with E-state index in [0.29, 0.717) is 16.8 Å². The zero-order valence-electron chi connectivity index (χ0n) is 13.0. The molecule has 0 aliphatic heterocycles. The first kappa shape index (κ1) is 19.2. The van der Waals surface area contributed by atoms with Crippen LogP contribution in [0.4, 0.5) is 4.39 Å². The Morgan fingerprint density at radius 2 is 1.92 bits per heavy atom. The van der Waals surface area contributed by atoms with Crippen LogP contribution < -0.4 is 5.32 Å². The van der Waals surface area contributed by atoms with Crippen LogP contribution in [-0.2, 0) is 4.79 Å². The van der Waals surface area contributed by atoms with Gasteiger partial charge in [-0.3, -0.25) is 4.79 Å². The van der Waals surface area contributed by atoms with Crippen LogP contribution in [0.1, 0.15) is 22.9 Å². The van der Waals surface area contributed by atoms with Crippen molar-refractivity contribution in [2.24, 2.45) is 0 Å². The lowest BCUT2D eigenvalue weighted by Crippen LogP contribution is -2.43. The number of carbonyl (C=O) groups excluding carboxylic acids is 1. The van der Waals surface area contributed by atoms with Crippen LogP contribution >= 0.6 is 23.2 Å². The molecular weight excluding hydrogens is 366 g/mol. The third kappa shape index (κ3) is 5.71. The highest BCUT2D eigenvalue weighted by Crippen LogP contribution is 2.18. The molecule has 0 aliphatic carbocycles. The van der Waals surface area contributed by atoms with Crippen molar-refractivity contribution >= 4 is 29.1 Å². The SMILES string of the molecule is O=C(NC(CF)C(O)c1ccc(C#Cc2ccccn2)cc1)C(Cl)Cl. The van der Waals surface area contributed by atoms with Crippen molar-refractivity contribution in [1.29, 1.82) is 0 Å². The van der Waals surface area contributed by atoms with Gasteiger partial charge in [0.1, 0.15) is 18.5 Å². The van der Waals surface area contributed by atoms with E-state index in [4.69, 9.17) is 23.2 Å². The molecule has 7 heteroatoms. The van der Waals surface area contributed by atoms with Gasteiger partial charge in [0.15, 0.2) is 4.84 Å². The van der Waals surface area contributed by atoms with Gasteiger partial charge in [-0.25, -0.2) is 9.37 Å². The molecule has 0 aliphatic rings. The zero-order valence-corrected chi connectivity index (χ0v) is 14.5. The monoisotopic (exact) mass is 380 g/mol. The maximum atomic E-state index is 13.1. The second-order valence-corrected chi connectivity index (χ2v) is 6.20. The second-order valence-electron chi connectivity index (χ2n) is 5.10. The van der Waals surface area contributed by atoms with E-state index in [9.17, 15) is 14.3 Å². The van der Waals surface area contributed by atoms with Crippen LogP contribution in [0.5, 0.6) is 0 Å². The number of carbonyl (C=O) groups is 1. The van der Waals surface area contributed by atoms with E-state index in [1.54, 1.807) is 42.6 Å². The lowest BCUT2D eigenvalue weighted by molar-refractivity contribution is -0.121. The van der Waals surface area contributed by atoms with Crippen LogP contribution in [0.25, 0.3) is 0 Å². The van der Waals surface area contributed by atoms with Crippen molar-refractivity contribution < 1.29 is 14.3 Å². The van der Waals surface area contributed by atoms with Crippen LogP contribution in [0.2, 0.25) is 0 Å². The highest BCUT2D eigenvalue weighted by molar-refractivity contribution is 6.53. The summed E-state index contributed by atoms with van der Waals surface area (Å²) in [6.45, 7) is -0.964. The summed E-state index contributed by atoms with van der Waals surface area (Å²) in [5.74, 6) is 5.10. The van der Waals surface area contributed by atoms with Gasteiger partial charge in [0.2, 0.25) is 0 Å². The Hall–Kier alpha value is -2.13. The molecule has 0 radical (unpaired) electrons. The van der Waals surface area contributed by atoms with E-state index < -0.39 is 29.6 Å². The normalized spacial score (nSPS) is 12.8. The molecular formula is C18H15Cl2FN2O2. The van der Waals surface area contributed by atoms with Crippen molar-refractivity contribution in [2.75, 3.05) is 6.67 Å². The number of amides is 1. The summed E-state index contributed by atoms with van der Waals surface area (Å²) in [6.07, 6.45) is 0.417. The molecule has 25 heavy (non-hydrogen) atoms. The fourth-order valence-electron chi connectivity index (χ4n) is 2.02. The fourth-order valence-corrected chi connectivity index (χ4v) is 2.14. The smallest absolute Gasteiger partial charge is 0.253 e. The number of hydrogen-bond donors (Lipinski definition) is 2. The Balaban J connectivity index is 2.08. The summed E-state index contributed by atoms with van der Waals surface area (Å²) < 4.78 is 13.1. The van der Waals surface area contributed by atoms with E-state index in [2.05, 4.69) is 22.1 Å². The molecule has 2 unspecified atom stereocenters. The minimum atomic E-state index is -1.33. The minimum Gasteiger partial charge on any atom is -0.386 e. The lowest BCUT2D eigenvalue weighted by Gasteiger charge is -2.22. The number of nitrogens with zero attached hydrogens (tertiary/aromatic N) is 1. The molecule has 1 amide bonds. The van der Waals surface area contributed by atoms with Gasteiger partial charge in [-0.15, -0.1) is 0 Å².